The van der Waals surface area contributed by atoms with Crippen molar-refractivity contribution in [3.05, 3.63) is 88.4 Å². The number of amides is 2. The Morgan fingerprint density at radius 1 is 1.00 bits per heavy atom. The van der Waals surface area contributed by atoms with E-state index in [1.807, 2.05) is 0 Å². The highest BCUT2D eigenvalue weighted by atomic mass is 35.5. The van der Waals surface area contributed by atoms with Crippen molar-refractivity contribution in [2.75, 3.05) is 24.5 Å². The van der Waals surface area contributed by atoms with Gasteiger partial charge in [-0.25, -0.2) is 8.42 Å². The van der Waals surface area contributed by atoms with E-state index in [-0.39, 0.29) is 28.1 Å². The molecule has 8 nitrogen and oxygen atoms in total. The van der Waals surface area contributed by atoms with E-state index >= 15 is 0 Å². The van der Waals surface area contributed by atoms with Gasteiger partial charge >= 0.3 is 0 Å². The van der Waals surface area contributed by atoms with Crippen LogP contribution in [0.3, 0.4) is 0 Å². The first-order chi connectivity index (χ1) is 18.1. The van der Waals surface area contributed by atoms with Gasteiger partial charge in [-0.1, -0.05) is 53.5 Å². The summed E-state index contributed by atoms with van der Waals surface area (Å²) in [5, 5.41) is 3.09. The zero-order valence-electron chi connectivity index (χ0n) is 21.2. The second kappa shape index (κ2) is 13.0. The van der Waals surface area contributed by atoms with Crippen LogP contribution in [0.5, 0.6) is 5.75 Å². The summed E-state index contributed by atoms with van der Waals surface area (Å²) >= 11 is 12.5. The first-order valence-electron chi connectivity index (χ1n) is 11.8. The van der Waals surface area contributed by atoms with E-state index in [0.717, 1.165) is 4.31 Å². The normalized spacial score (nSPS) is 11.9. The molecule has 0 heterocycles. The number of nitrogens with zero attached hydrogens (tertiary/aromatic N) is 2. The van der Waals surface area contributed by atoms with Gasteiger partial charge in [0.1, 0.15) is 18.3 Å². The molecule has 0 bridgehead atoms. The Kier molecular flexibility index (Phi) is 10.0. The topological polar surface area (TPSA) is 96.0 Å². The van der Waals surface area contributed by atoms with Crippen molar-refractivity contribution in [2.45, 2.75) is 31.3 Å². The third-order valence-electron chi connectivity index (χ3n) is 5.79. The van der Waals surface area contributed by atoms with Gasteiger partial charge in [0.15, 0.2) is 0 Å². The molecule has 0 unspecified atom stereocenters. The minimum atomic E-state index is -4.22. The van der Waals surface area contributed by atoms with E-state index < -0.39 is 28.5 Å². The number of rotatable bonds is 11. The Morgan fingerprint density at radius 3 is 2.34 bits per heavy atom. The van der Waals surface area contributed by atoms with Crippen LogP contribution in [0.1, 0.15) is 19.4 Å². The quantitative estimate of drug-likeness (QED) is 0.354. The summed E-state index contributed by atoms with van der Waals surface area (Å²) < 4.78 is 33.7. The Hall–Kier alpha value is -3.27. The highest BCUT2D eigenvalue weighted by molar-refractivity contribution is 7.92. The molecule has 0 radical (unpaired) electrons. The van der Waals surface area contributed by atoms with Crippen LogP contribution in [-0.2, 0) is 26.2 Å². The summed E-state index contributed by atoms with van der Waals surface area (Å²) in [4.78, 5) is 27.9. The monoisotopic (exact) mass is 577 g/mol. The van der Waals surface area contributed by atoms with Crippen molar-refractivity contribution in [3.8, 4) is 5.75 Å². The Bertz CT molecular complexity index is 1390. The van der Waals surface area contributed by atoms with Gasteiger partial charge in [-0.05, 0) is 61.9 Å². The Balaban J connectivity index is 2.06. The molecule has 0 aromatic heterocycles. The molecule has 0 fully saturated rings. The molecule has 2 amide bonds. The molecule has 0 spiro atoms. The smallest absolute Gasteiger partial charge is 0.264 e. The van der Waals surface area contributed by atoms with Gasteiger partial charge < -0.3 is 15.0 Å². The summed E-state index contributed by atoms with van der Waals surface area (Å²) in [6.45, 7) is 3.18. The summed E-state index contributed by atoms with van der Waals surface area (Å²) in [7, 11) is -2.69. The number of sulfonamides is 1. The van der Waals surface area contributed by atoms with Gasteiger partial charge in [-0.2, -0.15) is 0 Å². The van der Waals surface area contributed by atoms with Crippen LogP contribution in [0.4, 0.5) is 5.69 Å². The zero-order valence-corrected chi connectivity index (χ0v) is 23.6. The molecule has 11 heteroatoms. The Labute approximate surface area is 233 Å². The summed E-state index contributed by atoms with van der Waals surface area (Å²) in [6, 6.07) is 18.2. The molecule has 0 aliphatic rings. The molecule has 3 aromatic rings. The maximum absolute atomic E-state index is 13.8. The predicted octanol–water partition coefficient (Wildman–Crippen LogP) is 4.75. The fourth-order valence-electron chi connectivity index (χ4n) is 3.79. The molecule has 3 aromatic carbocycles. The van der Waals surface area contributed by atoms with Crippen LogP contribution >= 0.6 is 23.2 Å². The average molecular weight is 579 g/mol. The number of anilines is 1. The molecule has 1 N–H and O–H groups in total. The number of benzene rings is 3. The number of hydrogen-bond donors (Lipinski definition) is 1. The number of hydrogen-bond acceptors (Lipinski definition) is 5. The first-order valence-corrected chi connectivity index (χ1v) is 14.0. The van der Waals surface area contributed by atoms with Crippen molar-refractivity contribution < 1.29 is 22.7 Å². The lowest BCUT2D eigenvalue weighted by Gasteiger charge is -2.32. The Morgan fingerprint density at radius 2 is 1.71 bits per heavy atom. The van der Waals surface area contributed by atoms with E-state index in [0.29, 0.717) is 22.9 Å². The number of halogens is 2. The highest BCUT2D eigenvalue weighted by Gasteiger charge is 2.33. The fourth-order valence-corrected chi connectivity index (χ4v) is 5.80. The molecule has 0 saturated heterocycles. The second-order valence-corrected chi connectivity index (χ2v) is 11.1. The van der Waals surface area contributed by atoms with Crippen molar-refractivity contribution in [2.24, 2.45) is 0 Å². The molecule has 202 valence electrons. The lowest BCUT2D eigenvalue weighted by Crippen LogP contribution is -2.51. The minimum Gasteiger partial charge on any atom is -0.497 e. The van der Waals surface area contributed by atoms with E-state index in [4.69, 9.17) is 27.9 Å². The van der Waals surface area contributed by atoms with Crippen LogP contribution in [0.25, 0.3) is 0 Å². The molecular formula is C27H29Cl2N3O5S. The SMILES string of the molecule is CCNC(=O)[C@@H](C)N(Cc1cccc(OC)c1)C(=O)CN(c1ccc(Cl)cc1Cl)S(=O)(=O)c1ccccc1. The summed E-state index contributed by atoms with van der Waals surface area (Å²) in [5.74, 6) is -0.385. The van der Waals surface area contributed by atoms with Gasteiger partial charge in [0.25, 0.3) is 10.0 Å². The van der Waals surface area contributed by atoms with Crippen LogP contribution in [0.15, 0.2) is 77.7 Å². The summed E-state index contributed by atoms with van der Waals surface area (Å²) in [6.07, 6.45) is 0. The zero-order chi connectivity index (χ0) is 27.9. The van der Waals surface area contributed by atoms with E-state index in [1.54, 1.807) is 56.3 Å². The van der Waals surface area contributed by atoms with Crippen LogP contribution < -0.4 is 14.4 Å². The van der Waals surface area contributed by atoms with Crippen molar-refractivity contribution in [1.29, 1.82) is 0 Å². The third-order valence-corrected chi connectivity index (χ3v) is 8.11. The standard InChI is InChI=1S/C27H29Cl2N3O5S/c1-4-30-27(34)19(2)31(17-20-9-8-10-22(15-20)37-3)26(33)18-32(25-14-13-21(28)16-24(25)29)38(35,36)23-11-6-5-7-12-23/h5-16,19H,4,17-18H2,1-3H3,(H,30,34)/t19-/m1/s1. The number of nitrogens with one attached hydrogen (secondary N) is 1. The molecule has 0 saturated carbocycles. The molecule has 3 rings (SSSR count). The lowest BCUT2D eigenvalue weighted by molar-refractivity contribution is -0.139. The molecule has 0 aliphatic heterocycles. The van der Waals surface area contributed by atoms with Gasteiger partial charge in [0.2, 0.25) is 11.8 Å². The number of likely N-dealkylation sites (N-methyl/N-ethyl adjacent to an activating group) is 1. The van der Waals surface area contributed by atoms with Gasteiger partial charge in [-0.3, -0.25) is 13.9 Å². The van der Waals surface area contributed by atoms with Gasteiger partial charge in [0, 0.05) is 18.1 Å². The van der Waals surface area contributed by atoms with E-state index in [2.05, 4.69) is 5.32 Å². The van der Waals surface area contributed by atoms with Crippen LogP contribution in [0, 0.1) is 0 Å². The van der Waals surface area contributed by atoms with E-state index in [9.17, 15) is 18.0 Å². The highest BCUT2D eigenvalue weighted by Crippen LogP contribution is 2.33. The maximum Gasteiger partial charge on any atom is 0.264 e. The fraction of sp³-hybridized carbons (Fsp3) is 0.259. The predicted molar refractivity (Wildman–Crippen MR) is 149 cm³/mol. The number of carbonyl (C=O) groups excluding carboxylic acids is 2. The lowest BCUT2D eigenvalue weighted by atomic mass is 10.1. The average Bonchev–Trinajstić information content (AvgIpc) is 2.91. The minimum absolute atomic E-state index is 0.0186. The molecular weight excluding hydrogens is 549 g/mol. The van der Waals surface area contributed by atoms with Crippen LogP contribution in [0.2, 0.25) is 10.0 Å². The van der Waals surface area contributed by atoms with Gasteiger partial charge in [0.05, 0.1) is 22.7 Å². The van der Waals surface area contributed by atoms with Gasteiger partial charge in [-0.15, -0.1) is 0 Å². The molecule has 1 atom stereocenters. The second-order valence-electron chi connectivity index (χ2n) is 8.36. The molecule has 38 heavy (non-hydrogen) atoms. The third kappa shape index (κ3) is 6.98. The molecule has 0 aliphatic carbocycles. The number of methoxy groups -OCH3 is 1. The maximum atomic E-state index is 13.8. The van der Waals surface area contributed by atoms with Crippen molar-refractivity contribution in [1.82, 2.24) is 10.2 Å². The largest absolute Gasteiger partial charge is 0.497 e. The van der Waals surface area contributed by atoms with Crippen LogP contribution in [-0.4, -0.2) is 51.4 Å². The summed E-state index contributed by atoms with van der Waals surface area (Å²) in [5.41, 5.74) is 0.788. The van der Waals surface area contributed by atoms with Crippen molar-refractivity contribution >= 4 is 50.7 Å². The van der Waals surface area contributed by atoms with E-state index in [1.165, 1.54) is 42.3 Å². The number of carbonyl (C=O) groups is 2. The van der Waals surface area contributed by atoms with Crippen molar-refractivity contribution in [3.63, 3.8) is 0 Å². The number of ether oxygens (including phenoxy) is 1. The first kappa shape index (κ1) is 29.3.